The number of nitrogens with two attached hydrogens (primary N) is 2. The largest absolute Gasteiger partial charge is 0.372 e. The average Bonchev–Trinajstić information content (AvgIpc) is 2.26. The number of rotatable bonds is 5. The van der Waals surface area contributed by atoms with E-state index >= 15 is 0 Å². The molecule has 0 bridgehead atoms. The van der Waals surface area contributed by atoms with Gasteiger partial charge < -0.3 is 16.2 Å². The highest BCUT2D eigenvalue weighted by atomic mass is 16.5. The summed E-state index contributed by atoms with van der Waals surface area (Å²) in [4.78, 5) is 0. The Labute approximate surface area is 85.0 Å². The second-order valence-corrected chi connectivity index (χ2v) is 3.40. The topological polar surface area (TPSA) is 61.3 Å². The minimum Gasteiger partial charge on any atom is -0.372 e. The van der Waals surface area contributed by atoms with Gasteiger partial charge in [0.25, 0.3) is 0 Å². The van der Waals surface area contributed by atoms with Gasteiger partial charge in [0, 0.05) is 12.6 Å². The Kier molecular flexibility index (Phi) is 4.59. The van der Waals surface area contributed by atoms with Gasteiger partial charge in [-0.3, -0.25) is 0 Å². The minimum absolute atomic E-state index is 0.000191. The third-order valence-corrected chi connectivity index (χ3v) is 2.23. The lowest BCUT2D eigenvalue weighted by molar-refractivity contribution is 0.0378. The van der Waals surface area contributed by atoms with Gasteiger partial charge in [-0.15, -0.1) is 0 Å². The van der Waals surface area contributed by atoms with Crippen LogP contribution in [0.4, 0.5) is 0 Å². The Hall–Kier alpha value is -0.900. The van der Waals surface area contributed by atoms with E-state index in [2.05, 4.69) is 0 Å². The zero-order chi connectivity index (χ0) is 10.4. The van der Waals surface area contributed by atoms with E-state index in [-0.39, 0.29) is 12.1 Å². The smallest absolute Gasteiger partial charge is 0.0721 e. The van der Waals surface area contributed by atoms with Crippen LogP contribution < -0.4 is 11.5 Å². The second-order valence-electron chi connectivity index (χ2n) is 3.40. The van der Waals surface area contributed by atoms with Crippen molar-refractivity contribution in [2.75, 3.05) is 6.54 Å². The first-order valence-electron chi connectivity index (χ1n) is 4.85. The SMILES string of the molecule is C[C@H](OCc1ccccc1)C(N)CN. The van der Waals surface area contributed by atoms with E-state index in [4.69, 9.17) is 16.2 Å². The lowest BCUT2D eigenvalue weighted by atomic mass is 10.2. The number of benzene rings is 1. The molecule has 0 saturated carbocycles. The molecule has 0 aliphatic rings. The molecular weight excluding hydrogens is 176 g/mol. The maximum absolute atomic E-state index is 5.73. The van der Waals surface area contributed by atoms with Crippen LogP contribution in [0.25, 0.3) is 0 Å². The third kappa shape index (κ3) is 3.46. The van der Waals surface area contributed by atoms with Crippen LogP contribution >= 0.6 is 0 Å². The molecule has 3 heteroatoms. The van der Waals surface area contributed by atoms with E-state index in [9.17, 15) is 0 Å². The van der Waals surface area contributed by atoms with E-state index in [0.29, 0.717) is 13.2 Å². The molecule has 1 rings (SSSR count). The molecule has 0 spiro atoms. The van der Waals surface area contributed by atoms with Gasteiger partial charge in [0.05, 0.1) is 12.7 Å². The Morgan fingerprint density at radius 2 is 1.93 bits per heavy atom. The number of hydrogen-bond acceptors (Lipinski definition) is 3. The summed E-state index contributed by atoms with van der Waals surface area (Å²) in [5.41, 5.74) is 12.3. The molecule has 78 valence electrons. The van der Waals surface area contributed by atoms with Gasteiger partial charge in [-0.2, -0.15) is 0 Å². The first-order valence-corrected chi connectivity index (χ1v) is 4.85. The van der Waals surface area contributed by atoms with Gasteiger partial charge in [0.2, 0.25) is 0 Å². The highest BCUT2D eigenvalue weighted by molar-refractivity contribution is 5.13. The lowest BCUT2D eigenvalue weighted by Crippen LogP contribution is -2.40. The molecule has 0 saturated heterocycles. The zero-order valence-corrected chi connectivity index (χ0v) is 8.52. The summed E-state index contributed by atoms with van der Waals surface area (Å²) in [5.74, 6) is 0. The Bertz CT molecular complexity index is 251. The van der Waals surface area contributed by atoms with E-state index in [1.807, 2.05) is 37.3 Å². The van der Waals surface area contributed by atoms with Gasteiger partial charge in [0.15, 0.2) is 0 Å². The van der Waals surface area contributed by atoms with Crippen molar-refractivity contribution in [1.82, 2.24) is 0 Å². The molecule has 1 aromatic carbocycles. The quantitative estimate of drug-likeness (QED) is 0.731. The molecule has 2 atom stereocenters. The molecule has 0 radical (unpaired) electrons. The molecule has 1 aromatic rings. The van der Waals surface area contributed by atoms with Crippen LogP contribution in [0.2, 0.25) is 0 Å². The fraction of sp³-hybridized carbons (Fsp3) is 0.455. The second kappa shape index (κ2) is 5.75. The lowest BCUT2D eigenvalue weighted by Gasteiger charge is -2.18. The summed E-state index contributed by atoms with van der Waals surface area (Å²) >= 11 is 0. The van der Waals surface area contributed by atoms with E-state index in [1.165, 1.54) is 0 Å². The van der Waals surface area contributed by atoms with Crippen molar-refractivity contribution in [2.45, 2.75) is 25.7 Å². The van der Waals surface area contributed by atoms with E-state index in [1.54, 1.807) is 0 Å². The Morgan fingerprint density at radius 3 is 2.50 bits per heavy atom. The van der Waals surface area contributed by atoms with E-state index < -0.39 is 0 Å². The van der Waals surface area contributed by atoms with Gasteiger partial charge in [0.1, 0.15) is 0 Å². The third-order valence-electron chi connectivity index (χ3n) is 2.23. The van der Waals surface area contributed by atoms with E-state index in [0.717, 1.165) is 5.56 Å². The first kappa shape index (κ1) is 11.2. The highest BCUT2D eigenvalue weighted by Gasteiger charge is 2.10. The predicted octanol–water partition coefficient (Wildman–Crippen LogP) is 0.878. The fourth-order valence-corrected chi connectivity index (χ4v) is 1.12. The van der Waals surface area contributed by atoms with Crippen LogP contribution in [0, 0.1) is 0 Å². The standard InChI is InChI=1S/C11H18N2O/c1-9(11(13)7-12)14-8-10-5-3-2-4-6-10/h2-6,9,11H,7-8,12-13H2,1H3/t9-,11?/m0/s1. The van der Waals surface area contributed by atoms with Crippen molar-refractivity contribution >= 4 is 0 Å². The van der Waals surface area contributed by atoms with Crippen LogP contribution in [-0.2, 0) is 11.3 Å². The van der Waals surface area contributed by atoms with Crippen molar-refractivity contribution in [3.05, 3.63) is 35.9 Å². The molecule has 0 fully saturated rings. The molecule has 0 amide bonds. The molecule has 14 heavy (non-hydrogen) atoms. The maximum Gasteiger partial charge on any atom is 0.0721 e. The Balaban J connectivity index is 2.34. The normalized spacial score (nSPS) is 15.1. The molecule has 0 aliphatic heterocycles. The fourth-order valence-electron chi connectivity index (χ4n) is 1.12. The maximum atomic E-state index is 5.73. The average molecular weight is 194 g/mol. The number of ether oxygens (including phenoxy) is 1. The highest BCUT2D eigenvalue weighted by Crippen LogP contribution is 2.04. The van der Waals surface area contributed by atoms with Crippen molar-refractivity contribution < 1.29 is 4.74 Å². The summed E-state index contributed by atoms with van der Waals surface area (Å²) in [6.07, 6.45) is 0.000191. The summed E-state index contributed by atoms with van der Waals surface area (Å²) in [6.45, 7) is 2.99. The van der Waals surface area contributed by atoms with Crippen molar-refractivity contribution in [3.63, 3.8) is 0 Å². The summed E-state index contributed by atoms with van der Waals surface area (Å²) in [5, 5.41) is 0. The van der Waals surface area contributed by atoms with Crippen LogP contribution in [0.3, 0.4) is 0 Å². The van der Waals surface area contributed by atoms with Crippen molar-refractivity contribution in [1.29, 1.82) is 0 Å². The van der Waals surface area contributed by atoms with Gasteiger partial charge >= 0.3 is 0 Å². The molecular formula is C11H18N2O. The van der Waals surface area contributed by atoms with Gasteiger partial charge in [-0.25, -0.2) is 0 Å². The monoisotopic (exact) mass is 194 g/mol. The molecule has 1 unspecified atom stereocenters. The minimum atomic E-state index is -0.0845. The summed E-state index contributed by atoms with van der Waals surface area (Å²) < 4.78 is 5.58. The molecule has 0 aromatic heterocycles. The predicted molar refractivity (Wildman–Crippen MR) is 57.7 cm³/mol. The van der Waals surface area contributed by atoms with Crippen LogP contribution in [0.15, 0.2) is 30.3 Å². The van der Waals surface area contributed by atoms with Gasteiger partial charge in [-0.1, -0.05) is 30.3 Å². The van der Waals surface area contributed by atoms with Crippen LogP contribution in [-0.4, -0.2) is 18.7 Å². The Morgan fingerprint density at radius 1 is 1.29 bits per heavy atom. The summed E-state index contributed by atoms with van der Waals surface area (Å²) in [6, 6.07) is 9.94. The van der Waals surface area contributed by atoms with Gasteiger partial charge in [-0.05, 0) is 12.5 Å². The van der Waals surface area contributed by atoms with Crippen molar-refractivity contribution in [3.8, 4) is 0 Å². The van der Waals surface area contributed by atoms with Crippen LogP contribution in [0.1, 0.15) is 12.5 Å². The summed E-state index contributed by atoms with van der Waals surface area (Å²) in [7, 11) is 0. The van der Waals surface area contributed by atoms with Crippen LogP contribution in [0.5, 0.6) is 0 Å². The number of hydrogen-bond donors (Lipinski definition) is 2. The first-order chi connectivity index (χ1) is 6.74. The molecule has 0 aliphatic carbocycles. The molecule has 3 nitrogen and oxygen atoms in total. The van der Waals surface area contributed by atoms with Crippen molar-refractivity contribution in [2.24, 2.45) is 11.5 Å². The molecule has 4 N–H and O–H groups in total. The molecule has 0 heterocycles. The zero-order valence-electron chi connectivity index (χ0n) is 8.52.